The van der Waals surface area contributed by atoms with Crippen molar-refractivity contribution < 1.29 is 14.3 Å². The smallest absolute Gasteiger partial charge is 0.253 e. The van der Waals surface area contributed by atoms with Gasteiger partial charge in [0.15, 0.2) is 0 Å². The normalized spacial score (nSPS) is 12.1. The maximum Gasteiger partial charge on any atom is 0.253 e. The average Bonchev–Trinajstić information content (AvgIpc) is 2.45. The van der Waals surface area contributed by atoms with Gasteiger partial charge in [0, 0.05) is 12.1 Å². The van der Waals surface area contributed by atoms with E-state index in [0.29, 0.717) is 28.7 Å². The second kappa shape index (κ2) is 7.76. The van der Waals surface area contributed by atoms with Crippen LogP contribution in [0.15, 0.2) is 12.1 Å². The van der Waals surface area contributed by atoms with E-state index in [1.165, 1.54) is 14.2 Å². The van der Waals surface area contributed by atoms with Crippen LogP contribution in [0.3, 0.4) is 0 Å². The third-order valence-corrected chi connectivity index (χ3v) is 3.37. The molecule has 0 aromatic heterocycles. The van der Waals surface area contributed by atoms with Crippen molar-refractivity contribution in [2.75, 3.05) is 20.0 Å². The third-order valence-electron chi connectivity index (χ3n) is 3.37. The predicted octanol–water partition coefficient (Wildman–Crippen LogP) is 2.84. The van der Waals surface area contributed by atoms with Crippen molar-refractivity contribution in [2.45, 2.75) is 39.7 Å². The first-order valence-electron chi connectivity index (χ1n) is 7.21. The molecule has 1 aromatic carbocycles. The summed E-state index contributed by atoms with van der Waals surface area (Å²) < 4.78 is 10.3. The number of rotatable bonds is 7. The zero-order valence-electron chi connectivity index (χ0n) is 13.5. The van der Waals surface area contributed by atoms with Crippen LogP contribution in [0, 0.1) is 5.92 Å². The van der Waals surface area contributed by atoms with E-state index in [2.05, 4.69) is 19.2 Å². The molecule has 0 heterocycles. The number of carbonyl (C=O) groups is 1. The number of hydrogen-bond acceptors (Lipinski definition) is 4. The molecule has 21 heavy (non-hydrogen) atoms. The highest BCUT2D eigenvalue weighted by molar-refractivity contribution is 6.01. The van der Waals surface area contributed by atoms with Gasteiger partial charge in [0.05, 0.1) is 25.5 Å². The van der Waals surface area contributed by atoms with Gasteiger partial charge in [-0.15, -0.1) is 0 Å². The van der Waals surface area contributed by atoms with Crippen LogP contribution in [0.25, 0.3) is 0 Å². The number of nitrogens with one attached hydrogen (secondary N) is 1. The molecule has 0 aliphatic heterocycles. The molecule has 0 aliphatic rings. The lowest BCUT2D eigenvalue weighted by Crippen LogP contribution is -2.33. The fraction of sp³-hybridized carbons (Fsp3) is 0.562. The van der Waals surface area contributed by atoms with E-state index in [1.807, 2.05) is 6.92 Å². The Kier molecular flexibility index (Phi) is 6.34. The lowest BCUT2D eigenvalue weighted by Gasteiger charge is -2.17. The largest absolute Gasteiger partial charge is 0.497 e. The maximum absolute atomic E-state index is 12.4. The highest BCUT2D eigenvalue weighted by atomic mass is 16.5. The topological polar surface area (TPSA) is 73.6 Å². The quantitative estimate of drug-likeness (QED) is 0.758. The Bertz CT molecular complexity index is 487. The first-order chi connectivity index (χ1) is 9.88. The molecule has 5 nitrogen and oxygen atoms in total. The minimum absolute atomic E-state index is 0.0940. The van der Waals surface area contributed by atoms with E-state index in [0.717, 1.165) is 12.8 Å². The second-order valence-corrected chi connectivity index (χ2v) is 5.64. The summed E-state index contributed by atoms with van der Waals surface area (Å²) in [4.78, 5) is 12.4. The van der Waals surface area contributed by atoms with Crippen molar-refractivity contribution in [2.24, 2.45) is 5.92 Å². The summed E-state index contributed by atoms with van der Waals surface area (Å²) in [5.41, 5.74) is 6.68. The van der Waals surface area contributed by atoms with E-state index in [9.17, 15) is 4.79 Å². The molecule has 0 bridgehead atoms. The van der Waals surface area contributed by atoms with Gasteiger partial charge in [0.25, 0.3) is 5.91 Å². The molecule has 1 unspecified atom stereocenters. The summed E-state index contributed by atoms with van der Waals surface area (Å²) in [7, 11) is 3.05. The van der Waals surface area contributed by atoms with Crippen molar-refractivity contribution in [1.82, 2.24) is 5.32 Å². The maximum atomic E-state index is 12.4. The number of methoxy groups -OCH3 is 2. The molecule has 1 amide bonds. The molecule has 1 atom stereocenters. The molecule has 1 aromatic rings. The number of amides is 1. The number of carbonyl (C=O) groups excluding carboxylic acids is 1. The molecule has 0 fully saturated rings. The predicted molar refractivity (Wildman–Crippen MR) is 85.0 cm³/mol. The summed E-state index contributed by atoms with van der Waals surface area (Å²) in [6, 6.07) is 3.38. The first-order valence-corrected chi connectivity index (χ1v) is 7.21. The SMILES string of the molecule is COc1cc(OC)c(N)c(C(=O)NC(C)CCC(C)C)c1. The fourth-order valence-electron chi connectivity index (χ4n) is 2.03. The summed E-state index contributed by atoms with van der Waals surface area (Å²) in [6.45, 7) is 6.33. The van der Waals surface area contributed by atoms with Gasteiger partial charge in [-0.1, -0.05) is 13.8 Å². The fourth-order valence-corrected chi connectivity index (χ4v) is 2.03. The Morgan fingerprint density at radius 2 is 1.86 bits per heavy atom. The molecule has 3 N–H and O–H groups in total. The number of ether oxygens (including phenoxy) is 2. The third kappa shape index (κ3) is 4.85. The number of hydrogen-bond donors (Lipinski definition) is 2. The van der Waals surface area contributed by atoms with Crippen LogP contribution in [0.1, 0.15) is 44.0 Å². The Morgan fingerprint density at radius 3 is 2.38 bits per heavy atom. The van der Waals surface area contributed by atoms with Crippen molar-refractivity contribution >= 4 is 11.6 Å². The lowest BCUT2D eigenvalue weighted by atomic mass is 10.0. The molecular formula is C16H26N2O3. The highest BCUT2D eigenvalue weighted by Gasteiger charge is 2.17. The van der Waals surface area contributed by atoms with Gasteiger partial charge < -0.3 is 20.5 Å². The van der Waals surface area contributed by atoms with Crippen molar-refractivity contribution in [3.8, 4) is 11.5 Å². The van der Waals surface area contributed by atoms with Gasteiger partial charge in [-0.2, -0.15) is 0 Å². The summed E-state index contributed by atoms with van der Waals surface area (Å²) in [6.07, 6.45) is 2.00. The molecule has 0 spiro atoms. The molecule has 0 radical (unpaired) electrons. The lowest BCUT2D eigenvalue weighted by molar-refractivity contribution is 0.0937. The van der Waals surface area contributed by atoms with E-state index < -0.39 is 0 Å². The van der Waals surface area contributed by atoms with Crippen molar-refractivity contribution in [1.29, 1.82) is 0 Å². The number of nitrogens with two attached hydrogens (primary N) is 1. The van der Waals surface area contributed by atoms with Crippen LogP contribution in [0.5, 0.6) is 11.5 Å². The second-order valence-electron chi connectivity index (χ2n) is 5.64. The molecule has 0 aliphatic carbocycles. The van der Waals surface area contributed by atoms with E-state index in [1.54, 1.807) is 12.1 Å². The van der Waals surface area contributed by atoms with Crippen LogP contribution >= 0.6 is 0 Å². The summed E-state index contributed by atoms with van der Waals surface area (Å²) >= 11 is 0. The summed E-state index contributed by atoms with van der Waals surface area (Å²) in [5, 5.41) is 2.96. The van der Waals surface area contributed by atoms with Crippen molar-refractivity contribution in [3.05, 3.63) is 17.7 Å². The molecular weight excluding hydrogens is 268 g/mol. The highest BCUT2D eigenvalue weighted by Crippen LogP contribution is 2.31. The summed E-state index contributed by atoms with van der Waals surface area (Å²) in [5.74, 6) is 1.39. The minimum Gasteiger partial charge on any atom is -0.497 e. The van der Waals surface area contributed by atoms with E-state index in [-0.39, 0.29) is 11.9 Å². The monoisotopic (exact) mass is 294 g/mol. The zero-order valence-corrected chi connectivity index (χ0v) is 13.5. The first kappa shape index (κ1) is 17.1. The zero-order chi connectivity index (χ0) is 16.0. The van der Waals surface area contributed by atoms with Crippen LogP contribution < -0.4 is 20.5 Å². The molecule has 0 saturated carbocycles. The van der Waals surface area contributed by atoms with Crippen LogP contribution in [0.2, 0.25) is 0 Å². The number of benzene rings is 1. The van der Waals surface area contributed by atoms with Crippen molar-refractivity contribution in [3.63, 3.8) is 0 Å². The number of anilines is 1. The molecule has 118 valence electrons. The molecule has 1 rings (SSSR count). The van der Waals surface area contributed by atoms with Gasteiger partial charge >= 0.3 is 0 Å². The van der Waals surface area contributed by atoms with Gasteiger partial charge in [0.1, 0.15) is 11.5 Å². The van der Waals surface area contributed by atoms with Gasteiger partial charge in [-0.05, 0) is 31.7 Å². The van der Waals surface area contributed by atoms with E-state index in [4.69, 9.17) is 15.2 Å². The molecule has 0 saturated heterocycles. The Morgan fingerprint density at radius 1 is 1.19 bits per heavy atom. The minimum atomic E-state index is -0.207. The van der Waals surface area contributed by atoms with E-state index >= 15 is 0 Å². The number of nitrogen functional groups attached to an aromatic ring is 1. The van der Waals surface area contributed by atoms with Crippen LogP contribution in [0.4, 0.5) is 5.69 Å². The Hall–Kier alpha value is -1.91. The van der Waals surface area contributed by atoms with Crippen LogP contribution in [-0.4, -0.2) is 26.2 Å². The van der Waals surface area contributed by atoms with Gasteiger partial charge in [0.2, 0.25) is 0 Å². The van der Waals surface area contributed by atoms with Gasteiger partial charge in [-0.3, -0.25) is 4.79 Å². The Balaban J connectivity index is 2.86. The molecule has 5 heteroatoms. The van der Waals surface area contributed by atoms with Gasteiger partial charge in [-0.25, -0.2) is 0 Å². The van der Waals surface area contributed by atoms with Crippen LogP contribution in [-0.2, 0) is 0 Å². The Labute approximate surface area is 126 Å². The standard InChI is InChI=1S/C16H26N2O3/c1-10(2)6-7-11(3)18-16(19)13-8-12(20-4)9-14(21-5)15(13)17/h8-11H,6-7,17H2,1-5H3,(H,18,19). The average molecular weight is 294 g/mol.